The second kappa shape index (κ2) is 10.5. The van der Waals surface area contributed by atoms with Crippen molar-refractivity contribution in [1.29, 1.82) is 0 Å². The summed E-state index contributed by atoms with van der Waals surface area (Å²) >= 11 is 0. The van der Waals surface area contributed by atoms with Gasteiger partial charge in [-0.3, -0.25) is 0 Å². The highest BCUT2D eigenvalue weighted by Crippen LogP contribution is 2.71. The van der Waals surface area contributed by atoms with Crippen LogP contribution in [0, 0.1) is 22.7 Å². The first kappa shape index (κ1) is 34.3. The van der Waals surface area contributed by atoms with Gasteiger partial charge in [0, 0.05) is 43.7 Å². The number of allylic oxidation sites excluding steroid dienone is 1. The number of sulfonamides is 1. The van der Waals surface area contributed by atoms with E-state index in [2.05, 4.69) is 13.8 Å². The van der Waals surface area contributed by atoms with Crippen molar-refractivity contribution in [3.05, 3.63) is 41.0 Å². The lowest BCUT2D eigenvalue weighted by molar-refractivity contribution is -0.323. The highest BCUT2D eigenvalue weighted by atomic mass is 32.2. The molecular weight excluding hydrogens is 626 g/mol. The predicted octanol–water partition coefficient (Wildman–Crippen LogP) is 6.25. The minimum atomic E-state index is -5.28. The Kier molecular flexibility index (Phi) is 7.80. The van der Waals surface area contributed by atoms with Gasteiger partial charge in [-0.15, -0.1) is 0 Å². The molecule has 2 N–H and O–H groups in total. The number of ether oxygens (including phenoxy) is 2. The number of halogens is 4. The Labute approximate surface area is 269 Å². The van der Waals surface area contributed by atoms with Crippen molar-refractivity contribution in [2.24, 2.45) is 22.7 Å². The molecule has 7 atom stereocenters. The Morgan fingerprint density at radius 3 is 2.11 bits per heavy atom. The summed E-state index contributed by atoms with van der Waals surface area (Å²) in [5, 5.41) is 24.2. The summed E-state index contributed by atoms with van der Waals surface area (Å²) in [5.74, 6) is -2.23. The van der Waals surface area contributed by atoms with Gasteiger partial charge in [0.1, 0.15) is 5.60 Å². The van der Waals surface area contributed by atoms with Crippen LogP contribution in [0.2, 0.25) is 0 Å². The van der Waals surface area contributed by atoms with Gasteiger partial charge >= 0.3 is 6.18 Å². The molecule has 1 aromatic carbocycles. The third kappa shape index (κ3) is 4.86. The van der Waals surface area contributed by atoms with E-state index in [4.69, 9.17) is 9.47 Å². The molecule has 0 bridgehead atoms. The van der Waals surface area contributed by atoms with E-state index in [0.717, 1.165) is 15.5 Å². The Bertz CT molecular complexity index is 1510. The van der Waals surface area contributed by atoms with Crippen LogP contribution in [0.3, 0.4) is 0 Å². The van der Waals surface area contributed by atoms with Crippen LogP contribution >= 0.6 is 0 Å². The van der Waals surface area contributed by atoms with Crippen LogP contribution in [-0.4, -0.2) is 79.1 Å². The Balaban J connectivity index is 1.47. The maximum absolute atomic E-state index is 16.0. The topological polar surface area (TPSA) is 96.3 Å². The summed E-state index contributed by atoms with van der Waals surface area (Å²) in [5.41, 5.74) is -6.97. The average molecular weight is 674 g/mol. The molecule has 1 saturated heterocycles. The second-order valence-electron chi connectivity index (χ2n) is 16.0. The molecule has 4 fully saturated rings. The number of fused-ring (bicyclic) bond motifs is 4. The van der Waals surface area contributed by atoms with Crippen LogP contribution in [-0.2, 0) is 19.5 Å². The van der Waals surface area contributed by atoms with Crippen LogP contribution in [0.5, 0.6) is 0 Å². The van der Waals surface area contributed by atoms with Gasteiger partial charge in [0.05, 0.1) is 23.7 Å². The van der Waals surface area contributed by atoms with Crippen molar-refractivity contribution >= 4 is 10.0 Å². The SMILES string of the molecule is CN(C)S(=O)(=O)c1ccc(C2CC3(C)C(CCC3(O)C(C)(F)C(F)(F)F)C3CCC4(O)CC5(CCC4=C23)OCC(C)(C)CO5)cc1. The first-order valence-electron chi connectivity index (χ1n) is 16.3. The molecule has 1 spiro atoms. The summed E-state index contributed by atoms with van der Waals surface area (Å²) in [4.78, 5) is 0.0652. The molecule has 6 rings (SSSR count). The largest absolute Gasteiger partial charge is 0.425 e. The monoisotopic (exact) mass is 673 g/mol. The molecule has 1 aromatic rings. The predicted molar refractivity (Wildman–Crippen MR) is 163 cm³/mol. The fourth-order valence-electron chi connectivity index (χ4n) is 9.65. The molecule has 4 aliphatic carbocycles. The molecule has 0 aromatic heterocycles. The molecule has 0 radical (unpaired) electrons. The molecule has 46 heavy (non-hydrogen) atoms. The molecule has 5 aliphatic rings. The number of benzene rings is 1. The van der Waals surface area contributed by atoms with E-state index in [9.17, 15) is 31.8 Å². The minimum Gasteiger partial charge on any atom is -0.386 e. The third-order valence-electron chi connectivity index (χ3n) is 12.4. The molecule has 3 saturated carbocycles. The highest BCUT2D eigenvalue weighted by molar-refractivity contribution is 7.89. The number of alkyl halides is 4. The molecule has 12 heteroatoms. The number of hydrogen-bond acceptors (Lipinski definition) is 6. The van der Waals surface area contributed by atoms with E-state index in [1.165, 1.54) is 26.2 Å². The van der Waals surface area contributed by atoms with Crippen LogP contribution in [0.4, 0.5) is 17.6 Å². The van der Waals surface area contributed by atoms with Crippen molar-refractivity contribution < 1.29 is 45.7 Å². The summed E-state index contributed by atoms with van der Waals surface area (Å²) < 4.78 is 98.1. The Hall–Kier alpha value is -1.57. The zero-order valence-electron chi connectivity index (χ0n) is 27.5. The normalized spacial score (nSPS) is 38.7. The summed E-state index contributed by atoms with van der Waals surface area (Å²) in [6.45, 7) is 7.13. The van der Waals surface area contributed by atoms with Gasteiger partial charge in [0.25, 0.3) is 0 Å². The van der Waals surface area contributed by atoms with Gasteiger partial charge in [0.15, 0.2) is 5.79 Å². The molecular formula is C34H47F4NO6S. The van der Waals surface area contributed by atoms with Crippen molar-refractivity contribution in [2.45, 2.75) is 119 Å². The van der Waals surface area contributed by atoms with E-state index in [1.807, 2.05) is 0 Å². The Morgan fingerprint density at radius 1 is 0.935 bits per heavy atom. The zero-order valence-corrected chi connectivity index (χ0v) is 28.3. The molecule has 0 amide bonds. The van der Waals surface area contributed by atoms with Crippen molar-refractivity contribution in [2.75, 3.05) is 27.3 Å². The fraction of sp³-hybridized carbons (Fsp3) is 0.765. The number of aliphatic hydroxyl groups is 2. The van der Waals surface area contributed by atoms with Gasteiger partial charge < -0.3 is 19.7 Å². The first-order valence-corrected chi connectivity index (χ1v) is 17.7. The quantitative estimate of drug-likeness (QED) is 0.290. The Morgan fingerprint density at radius 2 is 1.54 bits per heavy atom. The number of nitrogens with zero attached hydrogens (tertiary/aromatic N) is 1. The van der Waals surface area contributed by atoms with E-state index < -0.39 is 56.1 Å². The van der Waals surface area contributed by atoms with Crippen LogP contribution in [0.25, 0.3) is 0 Å². The smallest absolute Gasteiger partial charge is 0.386 e. The van der Waals surface area contributed by atoms with E-state index in [1.54, 1.807) is 19.1 Å². The average Bonchev–Trinajstić information content (AvgIpc) is 3.24. The van der Waals surface area contributed by atoms with Crippen LogP contribution in [0.15, 0.2) is 40.3 Å². The van der Waals surface area contributed by atoms with Gasteiger partial charge in [-0.05, 0) is 80.6 Å². The van der Waals surface area contributed by atoms with Crippen LogP contribution < -0.4 is 0 Å². The van der Waals surface area contributed by atoms with Crippen LogP contribution in [0.1, 0.15) is 90.5 Å². The van der Waals surface area contributed by atoms with Crippen molar-refractivity contribution in [3.8, 4) is 0 Å². The van der Waals surface area contributed by atoms with Gasteiger partial charge in [-0.2, -0.15) is 13.2 Å². The standard InChI is InChI=1S/C34H47F4NO6S/c1-28(2)19-44-32(45-20-28)15-12-26-27-23(11-14-31(26,40)18-32)25-13-16-33(41,30(4,35)34(36,37)38)29(25,3)17-24(27)21-7-9-22(10-8-21)46(42,43)39(5)6/h7-10,23-25,40-41H,11-20H2,1-6H3. The lowest BCUT2D eigenvalue weighted by Gasteiger charge is -2.59. The molecule has 7 nitrogen and oxygen atoms in total. The van der Waals surface area contributed by atoms with E-state index >= 15 is 4.39 Å². The van der Waals surface area contributed by atoms with E-state index in [0.29, 0.717) is 51.4 Å². The zero-order chi connectivity index (χ0) is 33.9. The summed E-state index contributed by atoms with van der Waals surface area (Å²) in [6.07, 6.45) is -3.38. The molecule has 7 unspecified atom stereocenters. The highest BCUT2D eigenvalue weighted by Gasteiger charge is 2.76. The van der Waals surface area contributed by atoms with Gasteiger partial charge in [-0.25, -0.2) is 17.1 Å². The fourth-order valence-corrected chi connectivity index (χ4v) is 10.5. The maximum Gasteiger partial charge on any atom is 0.425 e. The lowest BCUT2D eigenvalue weighted by atomic mass is 9.48. The molecule has 258 valence electrons. The first-order chi connectivity index (χ1) is 21.0. The number of rotatable bonds is 4. The maximum atomic E-state index is 16.0. The number of hydrogen-bond donors (Lipinski definition) is 2. The molecule has 1 heterocycles. The van der Waals surface area contributed by atoms with Gasteiger partial charge in [0.2, 0.25) is 15.7 Å². The summed E-state index contributed by atoms with van der Waals surface area (Å²) in [6, 6.07) is 6.28. The second-order valence-corrected chi connectivity index (χ2v) is 18.1. The van der Waals surface area contributed by atoms with Gasteiger partial charge in [-0.1, -0.05) is 38.5 Å². The lowest BCUT2D eigenvalue weighted by Crippen LogP contribution is -2.66. The van der Waals surface area contributed by atoms with E-state index in [-0.39, 0.29) is 41.9 Å². The minimum absolute atomic E-state index is 0.0152. The molecule has 1 aliphatic heterocycles. The third-order valence-corrected chi connectivity index (χ3v) is 14.2. The summed E-state index contributed by atoms with van der Waals surface area (Å²) in [7, 11) is -0.886. The van der Waals surface area contributed by atoms with Crippen molar-refractivity contribution in [1.82, 2.24) is 4.31 Å². The van der Waals surface area contributed by atoms with Crippen molar-refractivity contribution in [3.63, 3.8) is 0 Å².